The van der Waals surface area contributed by atoms with Gasteiger partial charge in [0, 0.05) is 37.5 Å². The quantitative estimate of drug-likeness (QED) is 0.421. The first-order chi connectivity index (χ1) is 16.1. The van der Waals surface area contributed by atoms with Crippen LogP contribution >= 0.6 is 11.6 Å². The highest BCUT2D eigenvalue weighted by Crippen LogP contribution is 2.37. The SMILES string of the molecule is COc1cc(NCC2CC3CC(Cl)C(OCCCN4CCCC4)CC3NC2=O)ccc1C#N. The van der Waals surface area contributed by atoms with Crippen LogP contribution in [-0.2, 0) is 9.53 Å². The second-order valence-corrected chi connectivity index (χ2v) is 10.1. The average molecular weight is 475 g/mol. The number of hydrogen-bond donors (Lipinski definition) is 2. The van der Waals surface area contributed by atoms with Crippen molar-refractivity contribution in [2.24, 2.45) is 11.8 Å². The highest BCUT2D eigenvalue weighted by molar-refractivity contribution is 6.21. The average Bonchev–Trinajstić information content (AvgIpc) is 3.34. The molecule has 7 nitrogen and oxygen atoms in total. The minimum Gasteiger partial charge on any atom is -0.495 e. The van der Waals surface area contributed by atoms with E-state index in [9.17, 15) is 4.79 Å². The predicted octanol–water partition coefficient (Wildman–Crippen LogP) is 3.37. The van der Waals surface area contributed by atoms with Crippen LogP contribution in [0, 0.1) is 23.2 Å². The summed E-state index contributed by atoms with van der Waals surface area (Å²) < 4.78 is 11.4. The fourth-order valence-electron chi connectivity index (χ4n) is 5.42. The molecular formula is C25H35ClN4O3. The maximum atomic E-state index is 12.8. The molecule has 180 valence electrons. The predicted molar refractivity (Wildman–Crippen MR) is 129 cm³/mol. The van der Waals surface area contributed by atoms with Crippen LogP contribution in [0.2, 0.25) is 0 Å². The molecule has 0 aromatic heterocycles. The number of alkyl halides is 1. The molecule has 0 bridgehead atoms. The lowest BCUT2D eigenvalue weighted by molar-refractivity contribution is -0.130. The molecule has 1 amide bonds. The minimum atomic E-state index is -0.116. The van der Waals surface area contributed by atoms with E-state index >= 15 is 0 Å². The molecular weight excluding hydrogens is 440 g/mol. The van der Waals surface area contributed by atoms with Crippen LogP contribution in [0.5, 0.6) is 5.75 Å². The number of carbonyl (C=O) groups is 1. The largest absolute Gasteiger partial charge is 0.495 e. The summed E-state index contributed by atoms with van der Waals surface area (Å²) in [5.41, 5.74) is 1.33. The van der Waals surface area contributed by atoms with E-state index in [2.05, 4.69) is 21.6 Å². The molecule has 2 aliphatic heterocycles. The number of piperidine rings is 1. The standard InChI is InChI=1S/C25H35ClN4O3/c1-32-23-13-20(6-5-17(23)15-27)28-16-19-11-18-12-21(26)24(14-22(18)29-25(19)31)33-10-4-9-30-7-2-3-8-30/h5-6,13,18-19,21-22,24,28H,2-4,7-12,14,16H2,1H3,(H,29,31). The Bertz CT molecular complexity index is 855. The lowest BCUT2D eigenvalue weighted by Gasteiger charge is -2.44. The molecule has 0 spiro atoms. The zero-order valence-corrected chi connectivity index (χ0v) is 20.2. The number of nitrogens with zero attached hydrogens (tertiary/aromatic N) is 2. The number of carbonyl (C=O) groups excluding carboxylic acids is 1. The molecule has 1 aromatic rings. The highest BCUT2D eigenvalue weighted by Gasteiger charge is 2.43. The van der Waals surface area contributed by atoms with Crippen LogP contribution in [0.25, 0.3) is 0 Å². The summed E-state index contributed by atoms with van der Waals surface area (Å²) in [5, 5.41) is 15.7. The van der Waals surface area contributed by atoms with Gasteiger partial charge in [-0.15, -0.1) is 11.6 Å². The van der Waals surface area contributed by atoms with E-state index in [1.54, 1.807) is 19.2 Å². The van der Waals surface area contributed by atoms with Crippen LogP contribution < -0.4 is 15.4 Å². The molecule has 1 saturated carbocycles. The number of ether oxygens (including phenoxy) is 2. The van der Waals surface area contributed by atoms with Gasteiger partial charge in [-0.3, -0.25) is 4.79 Å². The van der Waals surface area contributed by atoms with Crippen molar-refractivity contribution in [3.63, 3.8) is 0 Å². The van der Waals surface area contributed by atoms with Crippen LogP contribution in [0.4, 0.5) is 5.69 Å². The third-order valence-corrected chi connectivity index (χ3v) is 7.76. The van der Waals surface area contributed by atoms with Gasteiger partial charge in [0.25, 0.3) is 0 Å². The van der Waals surface area contributed by atoms with Crippen LogP contribution in [0.15, 0.2) is 18.2 Å². The first kappa shape index (κ1) is 24.1. The van der Waals surface area contributed by atoms with Gasteiger partial charge in [-0.1, -0.05) is 0 Å². The Balaban J connectivity index is 1.24. The Kier molecular flexibility index (Phi) is 8.34. The molecule has 1 aromatic carbocycles. The number of benzene rings is 1. The third-order valence-electron chi connectivity index (χ3n) is 7.30. The first-order valence-electron chi connectivity index (χ1n) is 12.2. The van der Waals surface area contributed by atoms with Gasteiger partial charge in [-0.05, 0) is 69.7 Å². The number of rotatable bonds is 9. The number of amides is 1. The Hall–Kier alpha value is -2.01. The number of halogens is 1. The molecule has 2 heterocycles. The minimum absolute atomic E-state index is 0.00702. The number of nitriles is 1. The van der Waals surface area contributed by atoms with Crippen LogP contribution in [0.3, 0.4) is 0 Å². The molecule has 0 radical (unpaired) electrons. The maximum Gasteiger partial charge on any atom is 0.225 e. The van der Waals surface area contributed by atoms with Crippen molar-refractivity contribution in [2.75, 3.05) is 45.2 Å². The van der Waals surface area contributed by atoms with Crippen LogP contribution in [0.1, 0.15) is 44.1 Å². The topological polar surface area (TPSA) is 86.6 Å². The molecule has 2 N–H and O–H groups in total. The van der Waals surface area contributed by atoms with Gasteiger partial charge >= 0.3 is 0 Å². The zero-order chi connectivity index (χ0) is 23.2. The number of fused-ring (bicyclic) bond motifs is 1. The molecule has 33 heavy (non-hydrogen) atoms. The number of anilines is 1. The molecule has 8 heteroatoms. The second kappa shape index (κ2) is 11.4. The lowest BCUT2D eigenvalue weighted by Crippen LogP contribution is -2.56. The van der Waals surface area contributed by atoms with Crippen molar-refractivity contribution in [3.05, 3.63) is 23.8 Å². The fraction of sp³-hybridized carbons (Fsp3) is 0.680. The van der Waals surface area contributed by atoms with Gasteiger partial charge in [-0.2, -0.15) is 5.26 Å². The summed E-state index contributed by atoms with van der Waals surface area (Å²) in [7, 11) is 1.55. The fourth-order valence-corrected chi connectivity index (χ4v) is 5.82. The maximum absolute atomic E-state index is 12.8. The number of nitrogens with one attached hydrogen (secondary N) is 2. The second-order valence-electron chi connectivity index (χ2n) is 9.51. The van der Waals surface area contributed by atoms with Crippen molar-refractivity contribution >= 4 is 23.2 Å². The Morgan fingerprint density at radius 3 is 2.85 bits per heavy atom. The smallest absolute Gasteiger partial charge is 0.225 e. The summed E-state index contributed by atoms with van der Waals surface area (Å²) in [6, 6.07) is 7.61. The highest BCUT2D eigenvalue weighted by atomic mass is 35.5. The van der Waals surface area contributed by atoms with Crippen molar-refractivity contribution in [1.29, 1.82) is 5.26 Å². The normalized spacial score (nSPS) is 29.7. The molecule has 1 aliphatic carbocycles. The summed E-state index contributed by atoms with van der Waals surface area (Å²) in [6.07, 6.45) is 6.15. The first-order valence-corrected chi connectivity index (χ1v) is 12.6. The van der Waals surface area contributed by atoms with Gasteiger partial charge in [0.2, 0.25) is 5.91 Å². The Labute approximate surface area is 201 Å². The Morgan fingerprint density at radius 2 is 2.09 bits per heavy atom. The number of hydrogen-bond acceptors (Lipinski definition) is 6. The third kappa shape index (κ3) is 6.11. The van der Waals surface area contributed by atoms with Crippen molar-refractivity contribution in [3.8, 4) is 11.8 Å². The Morgan fingerprint density at radius 1 is 1.27 bits per heavy atom. The molecule has 3 fully saturated rings. The van der Waals surface area contributed by atoms with E-state index in [1.165, 1.54) is 25.9 Å². The van der Waals surface area contributed by atoms with E-state index in [4.69, 9.17) is 26.3 Å². The monoisotopic (exact) mass is 474 g/mol. The van der Waals surface area contributed by atoms with E-state index < -0.39 is 0 Å². The molecule has 4 rings (SSSR count). The molecule has 2 saturated heterocycles. The van der Waals surface area contributed by atoms with Gasteiger partial charge in [-0.25, -0.2) is 0 Å². The number of methoxy groups -OCH3 is 1. The van der Waals surface area contributed by atoms with Gasteiger partial charge in [0.15, 0.2) is 0 Å². The van der Waals surface area contributed by atoms with E-state index in [0.29, 0.717) is 23.8 Å². The summed E-state index contributed by atoms with van der Waals surface area (Å²) in [4.78, 5) is 15.3. The summed E-state index contributed by atoms with van der Waals surface area (Å²) in [6.45, 7) is 4.80. The van der Waals surface area contributed by atoms with Crippen LogP contribution in [-0.4, -0.2) is 68.2 Å². The van der Waals surface area contributed by atoms with Crippen molar-refractivity contribution in [2.45, 2.75) is 56.0 Å². The summed E-state index contributed by atoms with van der Waals surface area (Å²) >= 11 is 6.72. The van der Waals surface area contributed by atoms with E-state index in [1.807, 2.05) is 6.07 Å². The van der Waals surface area contributed by atoms with Gasteiger partial charge in [0.05, 0.1) is 30.1 Å². The van der Waals surface area contributed by atoms with E-state index in [0.717, 1.165) is 44.5 Å². The van der Waals surface area contributed by atoms with Gasteiger partial charge in [0.1, 0.15) is 11.8 Å². The number of likely N-dealkylation sites (tertiary alicyclic amines) is 1. The molecule has 5 unspecified atom stereocenters. The lowest BCUT2D eigenvalue weighted by atomic mass is 9.74. The van der Waals surface area contributed by atoms with Gasteiger partial charge < -0.3 is 25.0 Å². The molecule has 5 atom stereocenters. The van der Waals surface area contributed by atoms with Crippen molar-refractivity contribution < 1.29 is 14.3 Å². The van der Waals surface area contributed by atoms with Crippen molar-refractivity contribution in [1.82, 2.24) is 10.2 Å². The summed E-state index contributed by atoms with van der Waals surface area (Å²) in [5.74, 6) is 0.871. The van der Waals surface area contributed by atoms with E-state index in [-0.39, 0.29) is 29.3 Å². The zero-order valence-electron chi connectivity index (χ0n) is 19.4. The molecule has 3 aliphatic rings.